The summed E-state index contributed by atoms with van der Waals surface area (Å²) in [5.41, 5.74) is 4.50. The van der Waals surface area contributed by atoms with Crippen molar-refractivity contribution in [3.05, 3.63) is 36.6 Å². The number of ether oxygens (including phenoxy) is 1. The highest BCUT2D eigenvalue weighted by molar-refractivity contribution is 6.17. The van der Waals surface area contributed by atoms with Crippen LogP contribution in [0.1, 0.15) is 6.92 Å². The second-order valence-corrected chi connectivity index (χ2v) is 1.78. The van der Waals surface area contributed by atoms with E-state index in [1.54, 1.807) is 12.2 Å². The molecule has 0 unspecified atom stereocenters. The van der Waals surface area contributed by atoms with Crippen molar-refractivity contribution >= 4 is 11.6 Å². The van der Waals surface area contributed by atoms with Gasteiger partial charge in [-0.1, -0.05) is 30.3 Å². The quantitative estimate of drug-likeness (QED) is 0.419. The molecule has 0 aromatic rings. The first kappa shape index (κ1) is 13.8. The maximum Gasteiger partial charge on any atom is 0.162 e. The van der Waals surface area contributed by atoms with Gasteiger partial charge in [-0.15, -0.1) is 0 Å². The van der Waals surface area contributed by atoms with Gasteiger partial charge >= 0.3 is 0 Å². The molecule has 0 spiro atoms. The molecule has 0 radical (unpaired) electrons. The molecule has 2 nitrogen and oxygen atoms in total. The van der Waals surface area contributed by atoms with Crippen molar-refractivity contribution in [2.75, 3.05) is 13.1 Å². The number of rotatable bonds is 4. The van der Waals surface area contributed by atoms with Crippen molar-refractivity contribution in [1.29, 1.82) is 0 Å². The molecule has 0 aliphatic rings. The number of nitrogens with two attached hydrogens (primary N) is 1. The van der Waals surface area contributed by atoms with E-state index in [1.807, 2.05) is 19.1 Å². The van der Waals surface area contributed by atoms with Crippen LogP contribution in [0.15, 0.2) is 36.6 Å². The van der Waals surface area contributed by atoms with Crippen LogP contribution in [0.5, 0.6) is 0 Å². The molecular weight excluding hydrogens is 174 g/mol. The molecule has 0 aliphatic heterocycles. The van der Waals surface area contributed by atoms with Crippen molar-refractivity contribution in [3.8, 4) is 0 Å². The smallest absolute Gasteiger partial charge is 0.162 e. The lowest BCUT2D eigenvalue weighted by molar-refractivity contribution is 0.283. The first-order valence-electron chi connectivity index (χ1n) is 3.57. The van der Waals surface area contributed by atoms with Crippen LogP contribution >= 0.6 is 11.6 Å². The van der Waals surface area contributed by atoms with E-state index in [9.17, 15) is 0 Å². The molecule has 0 fully saturated rings. The van der Waals surface area contributed by atoms with Gasteiger partial charge in [-0.3, -0.25) is 0 Å². The molecule has 12 heavy (non-hydrogen) atoms. The summed E-state index contributed by atoms with van der Waals surface area (Å²) in [5.74, 6) is 0.729. The Kier molecular flexibility index (Phi) is 14.9. The van der Waals surface area contributed by atoms with Crippen molar-refractivity contribution < 1.29 is 4.74 Å². The molecular formula is C9H16ClNO. The largest absolute Gasteiger partial charge is 0.478 e. The summed E-state index contributed by atoms with van der Waals surface area (Å²) in [6.45, 7) is 5.44. The van der Waals surface area contributed by atoms with E-state index < -0.39 is 0 Å². The minimum absolute atomic E-state index is 0.171. The monoisotopic (exact) mass is 189 g/mol. The van der Waals surface area contributed by atoms with Crippen LogP contribution in [0.3, 0.4) is 0 Å². The molecule has 0 bridgehead atoms. The van der Waals surface area contributed by atoms with Gasteiger partial charge in [0.1, 0.15) is 5.76 Å². The molecule has 0 saturated heterocycles. The van der Waals surface area contributed by atoms with Gasteiger partial charge in [0.15, 0.2) is 6.07 Å². The van der Waals surface area contributed by atoms with Crippen LogP contribution in [0.25, 0.3) is 0 Å². The third kappa shape index (κ3) is 9.27. The van der Waals surface area contributed by atoms with Gasteiger partial charge in [0.05, 0.1) is 0 Å². The van der Waals surface area contributed by atoms with Crippen LogP contribution in [-0.4, -0.2) is 13.1 Å². The second-order valence-electron chi connectivity index (χ2n) is 1.56. The Morgan fingerprint density at radius 1 is 1.58 bits per heavy atom. The van der Waals surface area contributed by atoms with Crippen LogP contribution < -0.4 is 5.73 Å². The molecule has 0 aromatic heterocycles. The summed E-state index contributed by atoms with van der Waals surface area (Å²) in [4.78, 5) is 0. The summed E-state index contributed by atoms with van der Waals surface area (Å²) < 4.78 is 4.99. The molecule has 2 N–H and O–H groups in total. The number of hydrogen-bond acceptors (Lipinski definition) is 2. The van der Waals surface area contributed by atoms with Crippen molar-refractivity contribution in [2.24, 2.45) is 5.73 Å². The average molecular weight is 190 g/mol. The molecule has 70 valence electrons. The van der Waals surface area contributed by atoms with Crippen molar-refractivity contribution in [1.82, 2.24) is 0 Å². The number of halogens is 1. The predicted octanol–water partition coefficient (Wildman–Crippen LogP) is 2.42. The highest BCUT2D eigenvalue weighted by Gasteiger charge is 1.86. The fourth-order valence-corrected chi connectivity index (χ4v) is 0.621. The summed E-state index contributed by atoms with van der Waals surface area (Å²) in [6.07, 6.45) is 7.11. The lowest BCUT2D eigenvalue weighted by Gasteiger charge is -1.99. The zero-order valence-electron chi connectivity index (χ0n) is 7.59. The number of allylic oxidation sites excluding steroid dienone is 4. The Labute approximate surface area is 79.4 Å². The second kappa shape index (κ2) is 12.9. The Hall–Kier alpha value is -0.730. The van der Waals surface area contributed by atoms with Gasteiger partial charge in [-0.25, -0.2) is 0 Å². The number of hydrogen-bond donors (Lipinski definition) is 1. The van der Waals surface area contributed by atoms with E-state index in [2.05, 4.69) is 12.3 Å². The van der Waals surface area contributed by atoms with Crippen LogP contribution in [-0.2, 0) is 4.74 Å². The van der Waals surface area contributed by atoms with Gasteiger partial charge < -0.3 is 10.5 Å². The minimum atomic E-state index is 0.171. The maximum absolute atomic E-state index is 5.34. The minimum Gasteiger partial charge on any atom is -0.478 e. The molecule has 0 aromatic carbocycles. The van der Waals surface area contributed by atoms with Crippen LogP contribution in [0, 0.1) is 0 Å². The van der Waals surface area contributed by atoms with Gasteiger partial charge in [-0.05, 0) is 26.1 Å². The fraction of sp³-hybridized carbons (Fsp3) is 0.333. The topological polar surface area (TPSA) is 35.2 Å². The Morgan fingerprint density at radius 3 is 2.50 bits per heavy atom. The zero-order chi connectivity index (χ0) is 9.82. The standard InChI is InChI=1S/C8H11ClO.CH5N/c1-3-5-8(6-4-2)10-7-9;1-2/h3-6H,1,7H2,2H3;2H2,1H3/b6-4-,8-5+;. The highest BCUT2D eigenvalue weighted by Crippen LogP contribution is 2.00. The third-order valence-corrected chi connectivity index (χ3v) is 0.943. The average Bonchev–Trinajstić information content (AvgIpc) is 2.10. The fourth-order valence-electron chi connectivity index (χ4n) is 0.495. The van der Waals surface area contributed by atoms with E-state index in [-0.39, 0.29) is 6.07 Å². The summed E-state index contributed by atoms with van der Waals surface area (Å²) in [6, 6.07) is 0.171. The highest BCUT2D eigenvalue weighted by atomic mass is 35.5. The van der Waals surface area contributed by atoms with E-state index in [4.69, 9.17) is 16.3 Å². The molecule has 0 amide bonds. The first-order valence-corrected chi connectivity index (χ1v) is 4.10. The van der Waals surface area contributed by atoms with Crippen LogP contribution in [0.4, 0.5) is 0 Å². The molecule has 3 heteroatoms. The number of alkyl halides is 1. The molecule has 0 aliphatic carbocycles. The third-order valence-electron chi connectivity index (χ3n) is 0.834. The molecule has 0 rings (SSSR count). The van der Waals surface area contributed by atoms with Crippen molar-refractivity contribution in [2.45, 2.75) is 6.92 Å². The summed E-state index contributed by atoms with van der Waals surface area (Å²) in [5, 5.41) is 0. The Bertz CT molecular complexity index is 153. The predicted molar refractivity (Wildman–Crippen MR) is 55.0 cm³/mol. The van der Waals surface area contributed by atoms with E-state index in [0.717, 1.165) is 5.76 Å². The molecule has 0 atom stereocenters. The lowest BCUT2D eigenvalue weighted by atomic mass is 10.4. The SMILES string of the molecule is C=C/C=C(\C=C/C)OCCl.CN. The normalized spacial score (nSPS) is 10.5. The Balaban J connectivity index is 0. The van der Waals surface area contributed by atoms with E-state index in [1.165, 1.54) is 7.05 Å². The first-order chi connectivity index (χ1) is 5.85. The van der Waals surface area contributed by atoms with Crippen molar-refractivity contribution in [3.63, 3.8) is 0 Å². The van der Waals surface area contributed by atoms with E-state index >= 15 is 0 Å². The Morgan fingerprint density at radius 2 is 2.17 bits per heavy atom. The molecule has 0 heterocycles. The van der Waals surface area contributed by atoms with Crippen LogP contribution in [0.2, 0.25) is 0 Å². The lowest BCUT2D eigenvalue weighted by Crippen LogP contribution is -1.84. The van der Waals surface area contributed by atoms with E-state index in [0.29, 0.717) is 0 Å². The van der Waals surface area contributed by atoms with Gasteiger partial charge in [0, 0.05) is 0 Å². The van der Waals surface area contributed by atoms with Gasteiger partial charge in [0.2, 0.25) is 0 Å². The summed E-state index contributed by atoms with van der Waals surface area (Å²) in [7, 11) is 1.50. The van der Waals surface area contributed by atoms with Gasteiger partial charge in [0.25, 0.3) is 0 Å². The van der Waals surface area contributed by atoms with Gasteiger partial charge in [-0.2, -0.15) is 0 Å². The summed E-state index contributed by atoms with van der Waals surface area (Å²) >= 11 is 5.34. The zero-order valence-corrected chi connectivity index (χ0v) is 8.34. The maximum atomic E-state index is 5.34. The molecule has 0 saturated carbocycles.